The van der Waals surface area contributed by atoms with Crippen molar-refractivity contribution in [2.75, 3.05) is 0 Å². The number of aryl methyl sites for hydroxylation is 1. The molecule has 0 spiro atoms. The van der Waals surface area contributed by atoms with E-state index in [2.05, 4.69) is 14.5 Å². The molecule has 1 unspecified atom stereocenters. The lowest BCUT2D eigenvalue weighted by molar-refractivity contribution is -0.384. The third-order valence-electron chi connectivity index (χ3n) is 2.16. The minimum absolute atomic E-state index is 0.0923. The summed E-state index contributed by atoms with van der Waals surface area (Å²) in [6.45, 7) is 1.79. The van der Waals surface area contributed by atoms with Gasteiger partial charge in [-0.25, -0.2) is 0 Å². The molecule has 0 aliphatic rings. The Morgan fingerprint density at radius 3 is 2.87 bits per heavy atom. The highest BCUT2D eigenvalue weighted by Crippen LogP contribution is 2.31. The van der Waals surface area contributed by atoms with E-state index in [4.69, 9.17) is 11.6 Å². The summed E-state index contributed by atoms with van der Waals surface area (Å²) in [4.78, 5) is 10.2. The molecule has 2 aromatic rings. The summed E-state index contributed by atoms with van der Waals surface area (Å²) in [6.07, 6.45) is 0. The van der Waals surface area contributed by atoms with Gasteiger partial charge in [0.05, 0.1) is 16.1 Å². The molecular formula is C8H7ClN3O2P. The summed E-state index contributed by atoms with van der Waals surface area (Å²) in [5.74, 6) is 0. The number of hydrogen-bond donors (Lipinski definition) is 0. The molecule has 1 heterocycles. The maximum atomic E-state index is 10.7. The zero-order valence-corrected chi connectivity index (χ0v) is 9.68. The van der Waals surface area contributed by atoms with Crippen molar-refractivity contribution in [1.29, 1.82) is 0 Å². The molecule has 78 valence electrons. The fourth-order valence-corrected chi connectivity index (χ4v) is 2.05. The van der Waals surface area contributed by atoms with Crippen LogP contribution in [-0.2, 0) is 0 Å². The number of nitro benzene ring substituents is 1. The Hall–Kier alpha value is -1.19. The Morgan fingerprint density at radius 1 is 1.60 bits per heavy atom. The molecule has 0 N–H and O–H groups in total. The van der Waals surface area contributed by atoms with Gasteiger partial charge in [-0.3, -0.25) is 14.6 Å². The molecule has 0 bridgehead atoms. The highest BCUT2D eigenvalue weighted by Gasteiger charge is 2.16. The van der Waals surface area contributed by atoms with Gasteiger partial charge < -0.3 is 0 Å². The van der Waals surface area contributed by atoms with Gasteiger partial charge in [0.25, 0.3) is 5.69 Å². The SMILES string of the molecule is Cc1nn(P)c2cc(Cl)c([N+](=O)[O-])cc12. The Balaban J connectivity index is 2.85. The predicted molar refractivity (Wildman–Crippen MR) is 61.2 cm³/mol. The number of fused-ring (bicyclic) bond motifs is 1. The zero-order valence-electron chi connectivity index (χ0n) is 7.77. The van der Waals surface area contributed by atoms with Gasteiger partial charge in [-0.2, -0.15) is 5.10 Å². The van der Waals surface area contributed by atoms with E-state index in [1.54, 1.807) is 17.4 Å². The van der Waals surface area contributed by atoms with Crippen LogP contribution in [0.3, 0.4) is 0 Å². The summed E-state index contributed by atoms with van der Waals surface area (Å²) in [6, 6.07) is 2.99. The van der Waals surface area contributed by atoms with E-state index >= 15 is 0 Å². The number of nitro groups is 1. The first-order valence-corrected chi connectivity index (χ1v) is 4.98. The first kappa shape index (κ1) is 10.3. The van der Waals surface area contributed by atoms with E-state index in [-0.39, 0.29) is 10.7 Å². The molecule has 5 nitrogen and oxygen atoms in total. The summed E-state index contributed by atoms with van der Waals surface area (Å²) in [5, 5.41) is 15.7. The molecule has 1 atom stereocenters. The van der Waals surface area contributed by atoms with Crippen molar-refractivity contribution >= 4 is 37.6 Å². The van der Waals surface area contributed by atoms with E-state index < -0.39 is 4.92 Å². The molecule has 0 aliphatic heterocycles. The maximum absolute atomic E-state index is 10.7. The van der Waals surface area contributed by atoms with E-state index in [9.17, 15) is 10.1 Å². The normalized spacial score (nSPS) is 10.9. The molecule has 0 radical (unpaired) electrons. The van der Waals surface area contributed by atoms with Crippen LogP contribution in [0.1, 0.15) is 5.69 Å². The van der Waals surface area contributed by atoms with Gasteiger partial charge in [0, 0.05) is 11.5 Å². The number of rotatable bonds is 1. The Kier molecular flexibility index (Phi) is 2.37. The molecule has 7 heteroatoms. The number of benzene rings is 1. The largest absolute Gasteiger partial charge is 0.288 e. The highest BCUT2D eigenvalue weighted by molar-refractivity contribution is 7.14. The van der Waals surface area contributed by atoms with Crippen molar-refractivity contribution in [3.63, 3.8) is 0 Å². The average Bonchev–Trinajstić information content (AvgIpc) is 2.41. The Labute approximate surface area is 92.4 Å². The number of hydrogen-bond acceptors (Lipinski definition) is 3. The fourth-order valence-electron chi connectivity index (χ4n) is 1.44. The van der Waals surface area contributed by atoms with Crippen molar-refractivity contribution in [3.8, 4) is 0 Å². The lowest BCUT2D eigenvalue weighted by Crippen LogP contribution is -1.89. The second-order valence-corrected chi connectivity index (χ2v) is 4.00. The van der Waals surface area contributed by atoms with Gasteiger partial charge in [-0.15, -0.1) is 0 Å². The van der Waals surface area contributed by atoms with Crippen LogP contribution in [0.4, 0.5) is 5.69 Å². The molecule has 15 heavy (non-hydrogen) atoms. The van der Waals surface area contributed by atoms with Crippen LogP contribution >= 0.6 is 21.0 Å². The maximum Gasteiger partial charge on any atom is 0.288 e. The minimum atomic E-state index is -0.499. The Morgan fingerprint density at radius 2 is 2.27 bits per heavy atom. The van der Waals surface area contributed by atoms with Gasteiger partial charge in [-0.1, -0.05) is 11.6 Å². The topological polar surface area (TPSA) is 61.0 Å². The van der Waals surface area contributed by atoms with Gasteiger partial charge >= 0.3 is 0 Å². The van der Waals surface area contributed by atoms with Crippen LogP contribution in [0, 0.1) is 17.0 Å². The average molecular weight is 244 g/mol. The van der Waals surface area contributed by atoms with Crippen LogP contribution in [0.5, 0.6) is 0 Å². The Bertz CT molecular complexity index is 567. The lowest BCUT2D eigenvalue weighted by Gasteiger charge is -1.97. The van der Waals surface area contributed by atoms with E-state index in [0.717, 1.165) is 16.6 Å². The standard InChI is InChI=1S/C8H7ClN3O2P/c1-4-5-2-8(12(13)14)6(9)3-7(5)11(15)10-4/h2-3H,15H2,1H3. The van der Waals surface area contributed by atoms with Crippen molar-refractivity contribution < 1.29 is 4.92 Å². The van der Waals surface area contributed by atoms with E-state index in [1.807, 2.05) is 0 Å². The van der Waals surface area contributed by atoms with Gasteiger partial charge in [0.1, 0.15) is 5.02 Å². The second-order valence-electron chi connectivity index (χ2n) is 3.11. The van der Waals surface area contributed by atoms with Crippen LogP contribution in [0.15, 0.2) is 12.1 Å². The van der Waals surface area contributed by atoms with Crippen LogP contribution in [0.2, 0.25) is 5.02 Å². The zero-order chi connectivity index (χ0) is 11.2. The monoisotopic (exact) mass is 243 g/mol. The van der Waals surface area contributed by atoms with E-state index in [1.165, 1.54) is 6.07 Å². The molecule has 0 saturated carbocycles. The molecule has 1 aromatic heterocycles. The first-order valence-electron chi connectivity index (χ1n) is 4.09. The van der Waals surface area contributed by atoms with Crippen molar-refractivity contribution in [2.45, 2.75) is 6.92 Å². The molecule has 2 rings (SSSR count). The summed E-state index contributed by atoms with van der Waals surface area (Å²) in [5.41, 5.74) is 1.40. The first-order chi connectivity index (χ1) is 7.00. The van der Waals surface area contributed by atoms with E-state index in [0.29, 0.717) is 0 Å². The van der Waals surface area contributed by atoms with Crippen molar-refractivity contribution in [1.82, 2.24) is 9.55 Å². The summed E-state index contributed by atoms with van der Waals surface area (Å²) in [7, 11) is 2.40. The molecule has 0 aliphatic carbocycles. The van der Waals surface area contributed by atoms with Crippen LogP contribution < -0.4 is 0 Å². The minimum Gasteiger partial charge on any atom is -0.258 e. The smallest absolute Gasteiger partial charge is 0.258 e. The van der Waals surface area contributed by atoms with Crippen molar-refractivity contribution in [2.24, 2.45) is 0 Å². The van der Waals surface area contributed by atoms with Gasteiger partial charge in [-0.05, 0) is 22.4 Å². The quantitative estimate of drug-likeness (QED) is 0.439. The fraction of sp³-hybridized carbons (Fsp3) is 0.125. The van der Waals surface area contributed by atoms with Crippen LogP contribution in [-0.4, -0.2) is 14.5 Å². The summed E-state index contributed by atoms with van der Waals surface area (Å²) >= 11 is 5.79. The highest BCUT2D eigenvalue weighted by atomic mass is 35.5. The number of nitrogens with zero attached hydrogens (tertiary/aromatic N) is 3. The predicted octanol–water partition coefficient (Wildman–Crippen LogP) is 2.54. The third-order valence-corrected chi connectivity index (χ3v) is 2.85. The number of halogens is 1. The molecule has 0 fully saturated rings. The van der Waals surface area contributed by atoms with Crippen molar-refractivity contribution in [3.05, 3.63) is 33.0 Å². The lowest BCUT2D eigenvalue weighted by atomic mass is 10.2. The molecule has 1 aromatic carbocycles. The molecule has 0 saturated heterocycles. The molecule has 0 amide bonds. The molecular weight excluding hydrogens is 237 g/mol. The van der Waals surface area contributed by atoms with Gasteiger partial charge in [0.15, 0.2) is 0 Å². The third kappa shape index (κ3) is 1.58. The second kappa shape index (κ2) is 3.43. The van der Waals surface area contributed by atoms with Gasteiger partial charge in [0.2, 0.25) is 0 Å². The van der Waals surface area contributed by atoms with Crippen LogP contribution in [0.25, 0.3) is 10.9 Å². The summed E-state index contributed by atoms with van der Waals surface area (Å²) < 4.78 is 1.57. The number of aromatic nitrogens is 2.